The van der Waals surface area contributed by atoms with E-state index in [9.17, 15) is 14.7 Å². The van der Waals surface area contributed by atoms with E-state index in [1.165, 1.54) is 12.1 Å². The molecule has 0 amide bonds. The van der Waals surface area contributed by atoms with Crippen LogP contribution in [0.2, 0.25) is 0 Å². The van der Waals surface area contributed by atoms with Gasteiger partial charge in [0.25, 0.3) is 5.60 Å². The topological polar surface area (TPSA) is 98.1 Å². The fraction of sp³-hybridized carbons (Fsp3) is 0.385. The molecule has 6 heteroatoms. The summed E-state index contributed by atoms with van der Waals surface area (Å²) in [5.41, 5.74) is -2.68. The summed E-state index contributed by atoms with van der Waals surface area (Å²) in [4.78, 5) is 24.1. The minimum atomic E-state index is -2.95. The normalized spacial score (nSPS) is 11.1. The summed E-state index contributed by atoms with van der Waals surface area (Å²) in [6.45, 7) is 4.87. The van der Waals surface area contributed by atoms with E-state index < -0.39 is 17.5 Å². The van der Waals surface area contributed by atoms with Gasteiger partial charge in [-0.3, -0.25) is 0 Å². The van der Waals surface area contributed by atoms with Gasteiger partial charge in [0.05, 0.1) is 0 Å². The van der Waals surface area contributed by atoms with E-state index >= 15 is 0 Å². The van der Waals surface area contributed by atoms with Gasteiger partial charge in [0.1, 0.15) is 0 Å². The smallest absolute Gasteiger partial charge is 0.352 e. The molecule has 0 bridgehead atoms. The summed E-state index contributed by atoms with van der Waals surface area (Å²) in [5.74, 6) is -3.61. The Labute approximate surface area is 110 Å². The second kappa shape index (κ2) is 5.71. The molecule has 0 radical (unpaired) electrons. The Balaban J connectivity index is 3.49. The molecular formula is C13H17NO5. The number of aliphatic carboxylic acids is 2. The van der Waals surface area contributed by atoms with Crippen LogP contribution in [0.15, 0.2) is 24.3 Å². The summed E-state index contributed by atoms with van der Waals surface area (Å²) in [6.07, 6.45) is 0. The minimum Gasteiger partial charge on any atom is -0.478 e. The quantitative estimate of drug-likeness (QED) is 0.662. The lowest BCUT2D eigenvalue weighted by Gasteiger charge is -2.28. The van der Waals surface area contributed by atoms with Crippen LogP contribution in [0.1, 0.15) is 19.4 Å². The average molecular weight is 267 g/mol. The molecule has 1 aromatic rings. The number of carbonyl (C=O) groups is 2. The first-order chi connectivity index (χ1) is 8.89. The van der Waals surface area contributed by atoms with E-state index in [2.05, 4.69) is 0 Å². The highest BCUT2D eigenvalue weighted by Crippen LogP contribution is 2.31. The van der Waals surface area contributed by atoms with E-state index in [0.29, 0.717) is 18.8 Å². The van der Waals surface area contributed by atoms with Crippen LogP contribution in [0.25, 0.3) is 0 Å². The zero-order chi connectivity index (χ0) is 14.6. The Kier molecular flexibility index (Phi) is 4.50. The molecule has 0 aromatic heterocycles. The van der Waals surface area contributed by atoms with E-state index in [-0.39, 0.29) is 5.56 Å². The van der Waals surface area contributed by atoms with Gasteiger partial charge in [-0.15, -0.1) is 0 Å². The fourth-order valence-corrected chi connectivity index (χ4v) is 1.94. The Morgan fingerprint density at radius 3 is 2.00 bits per heavy atom. The Morgan fingerprint density at radius 2 is 1.58 bits per heavy atom. The Hall–Kier alpha value is -2.08. The first-order valence-electron chi connectivity index (χ1n) is 5.93. The first kappa shape index (κ1) is 15.0. The van der Waals surface area contributed by atoms with Gasteiger partial charge in [0.2, 0.25) is 0 Å². The standard InChI is InChI=1S/C13H17NO5/c1-3-14(4-2)10-8-6-5-7-9(10)13(19,11(15)16)12(17)18/h5-8,19H,3-4H2,1-2H3,(H,15,16)(H,17,18). The van der Waals surface area contributed by atoms with Gasteiger partial charge in [-0.25, -0.2) is 9.59 Å². The maximum absolute atomic E-state index is 11.2. The van der Waals surface area contributed by atoms with Crippen molar-refractivity contribution in [3.05, 3.63) is 29.8 Å². The molecule has 104 valence electrons. The van der Waals surface area contributed by atoms with Crippen molar-refractivity contribution in [3.8, 4) is 0 Å². The number of hydrogen-bond donors (Lipinski definition) is 3. The first-order valence-corrected chi connectivity index (χ1v) is 5.93. The van der Waals surface area contributed by atoms with Crippen LogP contribution in [-0.4, -0.2) is 40.3 Å². The van der Waals surface area contributed by atoms with Gasteiger partial charge < -0.3 is 20.2 Å². The number of para-hydroxylation sites is 1. The predicted molar refractivity (Wildman–Crippen MR) is 69.2 cm³/mol. The lowest BCUT2D eigenvalue weighted by molar-refractivity contribution is -0.177. The minimum absolute atomic E-state index is 0.140. The van der Waals surface area contributed by atoms with Crippen LogP contribution in [-0.2, 0) is 15.2 Å². The molecule has 0 heterocycles. The highest BCUT2D eigenvalue weighted by atomic mass is 16.4. The average Bonchev–Trinajstić information content (AvgIpc) is 2.39. The van der Waals surface area contributed by atoms with Gasteiger partial charge in [-0.1, -0.05) is 18.2 Å². The lowest BCUT2D eigenvalue weighted by atomic mass is 9.92. The van der Waals surface area contributed by atoms with Crippen molar-refractivity contribution in [3.63, 3.8) is 0 Å². The SMILES string of the molecule is CCN(CC)c1ccccc1C(O)(C(=O)O)C(=O)O. The molecule has 3 N–H and O–H groups in total. The largest absolute Gasteiger partial charge is 0.478 e. The number of hydrogen-bond acceptors (Lipinski definition) is 4. The summed E-state index contributed by atoms with van der Waals surface area (Å²) >= 11 is 0. The van der Waals surface area contributed by atoms with Gasteiger partial charge in [0.15, 0.2) is 0 Å². The highest BCUT2D eigenvalue weighted by molar-refractivity contribution is 6.03. The van der Waals surface area contributed by atoms with E-state index in [0.717, 1.165) is 0 Å². The molecule has 0 aliphatic rings. The summed E-state index contributed by atoms with van der Waals surface area (Å²) in [6, 6.07) is 6.08. The van der Waals surface area contributed by atoms with Gasteiger partial charge in [-0.2, -0.15) is 0 Å². The maximum Gasteiger partial charge on any atom is 0.352 e. The number of rotatable bonds is 6. The van der Waals surface area contributed by atoms with Crippen LogP contribution in [0, 0.1) is 0 Å². The monoisotopic (exact) mass is 267 g/mol. The van der Waals surface area contributed by atoms with Crippen molar-refractivity contribution in [1.29, 1.82) is 0 Å². The third-order valence-electron chi connectivity index (χ3n) is 3.02. The maximum atomic E-state index is 11.2. The zero-order valence-corrected chi connectivity index (χ0v) is 10.8. The van der Waals surface area contributed by atoms with Crippen molar-refractivity contribution in [1.82, 2.24) is 0 Å². The fourth-order valence-electron chi connectivity index (χ4n) is 1.94. The van der Waals surface area contributed by atoms with Crippen molar-refractivity contribution in [2.24, 2.45) is 0 Å². The molecule has 0 saturated carbocycles. The Morgan fingerprint density at radius 1 is 1.11 bits per heavy atom. The molecular weight excluding hydrogens is 250 g/mol. The van der Waals surface area contributed by atoms with E-state index in [1.807, 2.05) is 13.8 Å². The number of benzene rings is 1. The predicted octanol–water partition coefficient (Wildman–Crippen LogP) is 0.890. The molecule has 0 fully saturated rings. The molecule has 0 atom stereocenters. The molecule has 0 unspecified atom stereocenters. The van der Waals surface area contributed by atoms with Gasteiger partial charge in [-0.05, 0) is 19.9 Å². The number of aliphatic hydroxyl groups is 1. The second-order valence-electron chi connectivity index (χ2n) is 4.01. The van der Waals surface area contributed by atoms with E-state index in [4.69, 9.17) is 10.2 Å². The third-order valence-corrected chi connectivity index (χ3v) is 3.02. The number of nitrogens with zero attached hydrogens (tertiary/aromatic N) is 1. The molecule has 0 aliphatic carbocycles. The van der Waals surface area contributed by atoms with Crippen LogP contribution in [0.5, 0.6) is 0 Å². The lowest BCUT2D eigenvalue weighted by Crippen LogP contribution is -2.45. The van der Waals surface area contributed by atoms with E-state index in [1.54, 1.807) is 17.0 Å². The molecule has 0 saturated heterocycles. The van der Waals surface area contributed by atoms with Crippen molar-refractivity contribution in [2.75, 3.05) is 18.0 Å². The molecule has 6 nitrogen and oxygen atoms in total. The summed E-state index contributed by atoms with van der Waals surface area (Å²) in [5, 5.41) is 28.1. The van der Waals surface area contributed by atoms with Crippen LogP contribution in [0.3, 0.4) is 0 Å². The van der Waals surface area contributed by atoms with Crippen molar-refractivity contribution >= 4 is 17.6 Å². The molecule has 0 spiro atoms. The third kappa shape index (κ3) is 2.53. The number of anilines is 1. The van der Waals surface area contributed by atoms with Crippen LogP contribution in [0.4, 0.5) is 5.69 Å². The molecule has 1 aromatic carbocycles. The second-order valence-corrected chi connectivity index (χ2v) is 4.01. The molecule has 19 heavy (non-hydrogen) atoms. The summed E-state index contributed by atoms with van der Waals surface area (Å²) in [7, 11) is 0. The van der Waals surface area contributed by atoms with Gasteiger partial charge >= 0.3 is 11.9 Å². The van der Waals surface area contributed by atoms with Crippen molar-refractivity contribution in [2.45, 2.75) is 19.4 Å². The number of carboxylic acid groups (broad SMARTS) is 2. The molecule has 1 rings (SSSR count). The zero-order valence-electron chi connectivity index (χ0n) is 10.8. The van der Waals surface area contributed by atoms with Crippen LogP contribution < -0.4 is 4.90 Å². The number of carboxylic acids is 2. The van der Waals surface area contributed by atoms with Gasteiger partial charge in [0, 0.05) is 24.3 Å². The summed E-state index contributed by atoms with van der Waals surface area (Å²) < 4.78 is 0. The van der Waals surface area contributed by atoms with Crippen LogP contribution >= 0.6 is 0 Å². The van der Waals surface area contributed by atoms with Crippen molar-refractivity contribution < 1.29 is 24.9 Å². The molecule has 0 aliphatic heterocycles. The highest BCUT2D eigenvalue weighted by Gasteiger charge is 2.48. The Bertz CT molecular complexity index is 468.